The number of carbonyl (C=O) groups is 2. The molecule has 0 aliphatic rings. The number of hydrogen-bond donors (Lipinski definition) is 2. The van der Waals surface area contributed by atoms with Crippen molar-refractivity contribution in [2.24, 2.45) is 0 Å². The van der Waals surface area contributed by atoms with Gasteiger partial charge in [0.25, 0.3) is 5.91 Å². The topological polar surface area (TPSA) is 71.1 Å². The number of carbonyl (C=O) groups excluding carboxylic acids is 2. The van der Waals surface area contributed by atoms with E-state index in [0.29, 0.717) is 16.6 Å². The average Bonchev–Trinajstić information content (AvgIpc) is 3.00. The monoisotopic (exact) mass is 309 g/mol. The molecule has 0 atom stereocenters. The van der Waals surface area contributed by atoms with Crippen LogP contribution in [0.5, 0.6) is 0 Å². The third-order valence-electron chi connectivity index (χ3n) is 2.66. The minimum atomic E-state index is -0.148. The van der Waals surface area contributed by atoms with E-state index >= 15 is 0 Å². The number of aromatic nitrogens is 1. The largest absolute Gasteiger partial charge is 0.351 e. The number of thiophene rings is 1. The zero-order valence-corrected chi connectivity index (χ0v) is 12.9. The van der Waals surface area contributed by atoms with Crippen molar-refractivity contribution in [2.45, 2.75) is 20.3 Å². The Kier molecular flexibility index (Phi) is 4.86. The molecule has 106 valence electrons. The van der Waals surface area contributed by atoms with Gasteiger partial charge in [-0.25, -0.2) is 4.98 Å². The molecule has 0 fully saturated rings. The normalized spacial score (nSPS) is 10.3. The number of thiazole rings is 1. The van der Waals surface area contributed by atoms with Crippen LogP contribution in [0.15, 0.2) is 17.5 Å². The molecule has 5 nitrogen and oxygen atoms in total. The first-order chi connectivity index (χ1) is 9.56. The van der Waals surface area contributed by atoms with Gasteiger partial charge in [-0.1, -0.05) is 6.07 Å². The van der Waals surface area contributed by atoms with Crippen LogP contribution in [-0.4, -0.2) is 23.3 Å². The second-order valence-electron chi connectivity index (χ2n) is 4.19. The lowest BCUT2D eigenvalue weighted by molar-refractivity contribution is -0.116. The fraction of sp³-hybridized carbons (Fsp3) is 0.308. The summed E-state index contributed by atoms with van der Waals surface area (Å²) in [4.78, 5) is 29.3. The number of anilines is 1. The van der Waals surface area contributed by atoms with Gasteiger partial charge in [0.2, 0.25) is 5.91 Å². The van der Waals surface area contributed by atoms with E-state index in [1.54, 1.807) is 6.07 Å². The average molecular weight is 309 g/mol. The summed E-state index contributed by atoms with van der Waals surface area (Å²) >= 11 is 2.83. The van der Waals surface area contributed by atoms with Crippen LogP contribution in [0.3, 0.4) is 0 Å². The molecule has 2 aromatic rings. The number of hydrogen-bond acceptors (Lipinski definition) is 5. The molecule has 0 aromatic carbocycles. The maximum atomic E-state index is 11.7. The molecule has 7 heteroatoms. The lowest BCUT2D eigenvalue weighted by Crippen LogP contribution is -2.27. The molecular weight excluding hydrogens is 294 g/mol. The molecule has 0 radical (unpaired) electrons. The van der Waals surface area contributed by atoms with Gasteiger partial charge in [-0.3, -0.25) is 9.59 Å². The lowest BCUT2D eigenvalue weighted by atomic mass is 10.3. The van der Waals surface area contributed by atoms with Crippen LogP contribution in [0, 0.1) is 13.8 Å². The highest BCUT2D eigenvalue weighted by molar-refractivity contribution is 7.15. The van der Waals surface area contributed by atoms with E-state index in [2.05, 4.69) is 15.6 Å². The van der Waals surface area contributed by atoms with Crippen molar-refractivity contribution < 1.29 is 9.59 Å². The van der Waals surface area contributed by atoms with Gasteiger partial charge in [0.1, 0.15) is 0 Å². The van der Waals surface area contributed by atoms with Crippen molar-refractivity contribution in [3.8, 4) is 0 Å². The van der Waals surface area contributed by atoms with Crippen LogP contribution in [0.1, 0.15) is 26.7 Å². The van der Waals surface area contributed by atoms with Gasteiger partial charge >= 0.3 is 0 Å². The summed E-state index contributed by atoms with van der Waals surface area (Å²) in [6, 6.07) is 3.57. The minimum absolute atomic E-state index is 0.145. The molecule has 0 spiro atoms. The Morgan fingerprint density at radius 1 is 1.35 bits per heavy atom. The Labute approximate surface area is 125 Å². The minimum Gasteiger partial charge on any atom is -0.351 e. The molecule has 0 saturated carbocycles. The predicted octanol–water partition coefficient (Wildman–Crippen LogP) is 2.58. The number of rotatable bonds is 5. The Hall–Kier alpha value is -1.73. The standard InChI is InChI=1S/C13H15N3O2S2/c1-8-9(2)20-13(15-8)16-11(17)5-6-14-12(18)10-4-3-7-19-10/h3-4,7H,5-6H2,1-2H3,(H,14,18)(H,15,16,17). The van der Waals surface area contributed by atoms with E-state index < -0.39 is 0 Å². The summed E-state index contributed by atoms with van der Waals surface area (Å²) in [6.45, 7) is 4.18. The Balaban J connectivity index is 1.74. The fourth-order valence-electron chi connectivity index (χ4n) is 1.49. The molecule has 20 heavy (non-hydrogen) atoms. The Morgan fingerprint density at radius 2 is 2.15 bits per heavy atom. The number of nitrogens with zero attached hydrogens (tertiary/aromatic N) is 1. The van der Waals surface area contributed by atoms with E-state index in [4.69, 9.17) is 0 Å². The molecule has 0 bridgehead atoms. The quantitative estimate of drug-likeness (QED) is 0.891. The molecule has 2 amide bonds. The summed E-state index contributed by atoms with van der Waals surface area (Å²) in [6.07, 6.45) is 0.231. The second kappa shape index (κ2) is 6.62. The molecule has 0 aliphatic heterocycles. The highest BCUT2D eigenvalue weighted by Gasteiger charge is 2.09. The second-order valence-corrected chi connectivity index (χ2v) is 6.34. The summed E-state index contributed by atoms with van der Waals surface area (Å²) < 4.78 is 0. The van der Waals surface area contributed by atoms with Gasteiger partial charge in [0, 0.05) is 17.8 Å². The van der Waals surface area contributed by atoms with Gasteiger partial charge in [0.15, 0.2) is 5.13 Å². The molecule has 2 aromatic heterocycles. The van der Waals surface area contributed by atoms with Gasteiger partial charge in [-0.2, -0.15) is 0 Å². The van der Waals surface area contributed by atoms with Crippen LogP contribution in [0.25, 0.3) is 0 Å². The highest BCUT2D eigenvalue weighted by Crippen LogP contribution is 2.20. The predicted molar refractivity (Wildman–Crippen MR) is 81.5 cm³/mol. The molecular formula is C13H15N3O2S2. The zero-order chi connectivity index (χ0) is 14.5. The van der Waals surface area contributed by atoms with Crippen LogP contribution in [0.2, 0.25) is 0 Å². The molecule has 0 aliphatic carbocycles. The summed E-state index contributed by atoms with van der Waals surface area (Å²) in [5, 5.41) is 7.89. The van der Waals surface area contributed by atoms with Crippen LogP contribution < -0.4 is 10.6 Å². The number of amides is 2. The molecule has 2 heterocycles. The molecule has 2 N–H and O–H groups in total. The fourth-order valence-corrected chi connectivity index (χ4v) is 2.96. The van der Waals surface area contributed by atoms with Crippen molar-refractivity contribution in [1.29, 1.82) is 0 Å². The smallest absolute Gasteiger partial charge is 0.261 e. The number of nitrogens with one attached hydrogen (secondary N) is 2. The van der Waals surface area contributed by atoms with Gasteiger partial charge in [-0.05, 0) is 25.3 Å². The van der Waals surface area contributed by atoms with Crippen molar-refractivity contribution in [3.63, 3.8) is 0 Å². The van der Waals surface area contributed by atoms with Crippen LogP contribution in [0.4, 0.5) is 5.13 Å². The summed E-state index contributed by atoms with van der Waals surface area (Å²) in [7, 11) is 0. The van der Waals surface area contributed by atoms with E-state index in [0.717, 1.165) is 10.6 Å². The molecule has 0 saturated heterocycles. The molecule has 0 unspecified atom stereocenters. The van der Waals surface area contributed by atoms with E-state index in [1.807, 2.05) is 25.3 Å². The highest BCUT2D eigenvalue weighted by atomic mass is 32.1. The van der Waals surface area contributed by atoms with Crippen LogP contribution >= 0.6 is 22.7 Å². The van der Waals surface area contributed by atoms with Gasteiger partial charge in [-0.15, -0.1) is 22.7 Å². The molecule has 2 rings (SSSR count). The van der Waals surface area contributed by atoms with E-state index in [1.165, 1.54) is 22.7 Å². The SMILES string of the molecule is Cc1nc(NC(=O)CCNC(=O)c2cccs2)sc1C. The van der Waals surface area contributed by atoms with Gasteiger partial charge < -0.3 is 10.6 Å². The number of aryl methyl sites for hydroxylation is 2. The Morgan fingerprint density at radius 3 is 2.75 bits per heavy atom. The van der Waals surface area contributed by atoms with Crippen molar-refractivity contribution >= 4 is 39.6 Å². The van der Waals surface area contributed by atoms with Gasteiger partial charge in [0.05, 0.1) is 10.6 Å². The third kappa shape index (κ3) is 3.88. The maximum Gasteiger partial charge on any atom is 0.261 e. The first kappa shape index (κ1) is 14.7. The lowest BCUT2D eigenvalue weighted by Gasteiger charge is -2.03. The van der Waals surface area contributed by atoms with E-state index in [-0.39, 0.29) is 18.2 Å². The zero-order valence-electron chi connectivity index (χ0n) is 11.2. The van der Waals surface area contributed by atoms with Crippen LogP contribution in [-0.2, 0) is 4.79 Å². The maximum absolute atomic E-state index is 11.7. The first-order valence-electron chi connectivity index (χ1n) is 6.12. The first-order valence-corrected chi connectivity index (χ1v) is 7.81. The van der Waals surface area contributed by atoms with Crippen molar-refractivity contribution in [3.05, 3.63) is 33.0 Å². The van der Waals surface area contributed by atoms with E-state index in [9.17, 15) is 9.59 Å². The third-order valence-corrected chi connectivity index (χ3v) is 4.51. The van der Waals surface area contributed by atoms with Crippen molar-refractivity contribution in [1.82, 2.24) is 10.3 Å². The summed E-state index contributed by atoms with van der Waals surface area (Å²) in [5.74, 6) is -0.293. The van der Waals surface area contributed by atoms with Crippen molar-refractivity contribution in [2.75, 3.05) is 11.9 Å². The Bertz CT molecular complexity index is 586. The summed E-state index contributed by atoms with van der Waals surface area (Å²) in [5.41, 5.74) is 0.927.